The minimum atomic E-state index is -0.187. The predicted octanol–water partition coefficient (Wildman–Crippen LogP) is 4.78. The van der Waals surface area contributed by atoms with Crippen LogP contribution in [0.15, 0.2) is 54.6 Å². The largest absolute Gasteiger partial charge is 0.497 e. The van der Waals surface area contributed by atoms with E-state index in [1.54, 1.807) is 17.9 Å². The van der Waals surface area contributed by atoms with Gasteiger partial charge in [-0.3, -0.25) is 4.79 Å². The minimum absolute atomic E-state index is 0.187. The van der Waals surface area contributed by atoms with E-state index < -0.39 is 0 Å². The van der Waals surface area contributed by atoms with Crippen molar-refractivity contribution in [3.63, 3.8) is 0 Å². The number of methoxy groups -OCH3 is 1. The van der Waals surface area contributed by atoms with E-state index in [0.29, 0.717) is 5.69 Å². The Morgan fingerprint density at radius 1 is 1.11 bits per heavy atom. The molecule has 0 atom stereocenters. The van der Waals surface area contributed by atoms with Gasteiger partial charge in [0.1, 0.15) is 11.4 Å². The predicted molar refractivity (Wildman–Crippen MR) is 108 cm³/mol. The third-order valence-electron chi connectivity index (χ3n) is 4.41. The highest BCUT2D eigenvalue weighted by atomic mass is 16.5. The third kappa shape index (κ3) is 4.56. The van der Waals surface area contributed by atoms with E-state index in [4.69, 9.17) is 4.74 Å². The van der Waals surface area contributed by atoms with E-state index in [2.05, 4.69) is 29.5 Å². The first-order chi connectivity index (χ1) is 13.1. The molecule has 5 nitrogen and oxygen atoms in total. The van der Waals surface area contributed by atoms with Gasteiger partial charge in [-0.25, -0.2) is 4.68 Å². The molecule has 0 aliphatic rings. The standard InChI is InChI=1S/C22H25N3O2/c1-4-5-6-17-7-9-18(10-8-17)23-22(26)21-15-16(2)24-25(21)19-11-13-20(27-3)14-12-19/h7-15H,4-6H2,1-3H3,(H,23,26). The van der Waals surface area contributed by atoms with Crippen molar-refractivity contribution in [1.82, 2.24) is 9.78 Å². The van der Waals surface area contributed by atoms with Crippen LogP contribution in [-0.4, -0.2) is 22.8 Å². The zero-order valence-corrected chi connectivity index (χ0v) is 16.0. The Hall–Kier alpha value is -3.08. The molecule has 1 aromatic heterocycles. The van der Waals surface area contributed by atoms with E-state index in [-0.39, 0.29) is 5.91 Å². The Labute approximate surface area is 160 Å². The van der Waals surface area contributed by atoms with Gasteiger partial charge in [0, 0.05) is 5.69 Å². The molecule has 1 amide bonds. The fourth-order valence-electron chi connectivity index (χ4n) is 2.91. The third-order valence-corrected chi connectivity index (χ3v) is 4.41. The number of aromatic nitrogens is 2. The van der Waals surface area contributed by atoms with Crippen molar-refractivity contribution >= 4 is 11.6 Å². The molecule has 0 bridgehead atoms. The van der Waals surface area contributed by atoms with Crippen LogP contribution >= 0.6 is 0 Å². The van der Waals surface area contributed by atoms with Gasteiger partial charge in [-0.1, -0.05) is 25.5 Å². The summed E-state index contributed by atoms with van der Waals surface area (Å²) in [5.74, 6) is 0.574. The number of aryl methyl sites for hydroxylation is 2. The molecular weight excluding hydrogens is 338 g/mol. The number of anilines is 1. The van der Waals surface area contributed by atoms with Crippen LogP contribution in [0.5, 0.6) is 5.75 Å². The number of benzene rings is 2. The number of hydrogen-bond donors (Lipinski definition) is 1. The summed E-state index contributed by atoms with van der Waals surface area (Å²) in [7, 11) is 1.62. The molecule has 1 heterocycles. The topological polar surface area (TPSA) is 56.2 Å². The fraction of sp³-hybridized carbons (Fsp3) is 0.273. The normalized spacial score (nSPS) is 10.6. The van der Waals surface area contributed by atoms with Crippen LogP contribution in [0, 0.1) is 6.92 Å². The molecule has 2 aromatic carbocycles. The Balaban J connectivity index is 1.78. The summed E-state index contributed by atoms with van der Waals surface area (Å²) in [4.78, 5) is 12.8. The quantitative estimate of drug-likeness (QED) is 0.657. The lowest BCUT2D eigenvalue weighted by Crippen LogP contribution is -2.17. The molecule has 0 saturated carbocycles. The molecule has 0 aliphatic carbocycles. The molecule has 5 heteroatoms. The van der Waals surface area contributed by atoms with Crippen LogP contribution in [0.4, 0.5) is 5.69 Å². The maximum atomic E-state index is 12.8. The molecule has 0 spiro atoms. The van der Waals surface area contributed by atoms with Gasteiger partial charge in [0.05, 0.1) is 18.5 Å². The zero-order chi connectivity index (χ0) is 19.2. The van der Waals surface area contributed by atoms with Gasteiger partial charge < -0.3 is 10.1 Å². The molecule has 140 valence electrons. The van der Waals surface area contributed by atoms with Crippen molar-refractivity contribution in [2.24, 2.45) is 0 Å². The lowest BCUT2D eigenvalue weighted by atomic mass is 10.1. The smallest absolute Gasteiger partial charge is 0.274 e. The number of ether oxygens (including phenoxy) is 1. The van der Waals surface area contributed by atoms with E-state index in [1.165, 1.54) is 18.4 Å². The minimum Gasteiger partial charge on any atom is -0.497 e. The first-order valence-corrected chi connectivity index (χ1v) is 9.22. The van der Waals surface area contributed by atoms with Crippen LogP contribution in [-0.2, 0) is 6.42 Å². The molecule has 3 rings (SSSR count). The monoisotopic (exact) mass is 363 g/mol. The first kappa shape index (κ1) is 18.7. The van der Waals surface area contributed by atoms with E-state index in [9.17, 15) is 4.79 Å². The SMILES string of the molecule is CCCCc1ccc(NC(=O)c2cc(C)nn2-c2ccc(OC)cc2)cc1. The summed E-state index contributed by atoms with van der Waals surface area (Å²) in [6.45, 7) is 4.06. The number of nitrogens with zero attached hydrogens (tertiary/aromatic N) is 2. The maximum Gasteiger partial charge on any atom is 0.274 e. The number of amides is 1. The fourth-order valence-corrected chi connectivity index (χ4v) is 2.91. The Kier molecular flexibility index (Phi) is 5.91. The van der Waals surface area contributed by atoms with Crippen LogP contribution in [0.25, 0.3) is 5.69 Å². The average Bonchev–Trinajstić information content (AvgIpc) is 3.09. The van der Waals surface area contributed by atoms with Crippen molar-refractivity contribution in [3.05, 3.63) is 71.5 Å². The molecule has 0 radical (unpaired) electrons. The summed E-state index contributed by atoms with van der Waals surface area (Å²) in [5, 5.41) is 7.43. The number of nitrogens with one attached hydrogen (secondary N) is 1. The second-order valence-corrected chi connectivity index (χ2v) is 6.54. The number of hydrogen-bond acceptors (Lipinski definition) is 3. The van der Waals surface area contributed by atoms with Crippen molar-refractivity contribution in [1.29, 1.82) is 0 Å². The summed E-state index contributed by atoms with van der Waals surface area (Å²) < 4.78 is 6.84. The van der Waals surface area contributed by atoms with Gasteiger partial charge in [-0.2, -0.15) is 5.10 Å². The van der Waals surface area contributed by atoms with Crippen LogP contribution in [0.2, 0.25) is 0 Å². The number of rotatable bonds is 7. The highest BCUT2D eigenvalue weighted by Gasteiger charge is 2.15. The second kappa shape index (κ2) is 8.54. The zero-order valence-electron chi connectivity index (χ0n) is 16.0. The van der Waals surface area contributed by atoms with Gasteiger partial charge in [0.25, 0.3) is 5.91 Å². The van der Waals surface area contributed by atoms with E-state index in [1.807, 2.05) is 43.3 Å². The summed E-state index contributed by atoms with van der Waals surface area (Å²) in [6.07, 6.45) is 3.41. The van der Waals surface area contributed by atoms with Gasteiger partial charge >= 0.3 is 0 Å². The average molecular weight is 363 g/mol. The molecule has 3 aromatic rings. The van der Waals surface area contributed by atoms with Crippen LogP contribution in [0.3, 0.4) is 0 Å². The van der Waals surface area contributed by atoms with Crippen molar-refractivity contribution < 1.29 is 9.53 Å². The van der Waals surface area contributed by atoms with Crippen molar-refractivity contribution in [2.75, 3.05) is 12.4 Å². The Morgan fingerprint density at radius 3 is 2.44 bits per heavy atom. The van der Waals surface area contributed by atoms with Gasteiger partial charge in [-0.15, -0.1) is 0 Å². The lowest BCUT2D eigenvalue weighted by molar-refractivity contribution is 0.101. The molecule has 1 N–H and O–H groups in total. The van der Waals surface area contributed by atoms with Crippen LogP contribution in [0.1, 0.15) is 41.5 Å². The molecule has 27 heavy (non-hydrogen) atoms. The molecule has 0 fully saturated rings. The highest BCUT2D eigenvalue weighted by Crippen LogP contribution is 2.19. The van der Waals surface area contributed by atoms with Gasteiger partial charge in [0.15, 0.2) is 0 Å². The summed E-state index contributed by atoms with van der Waals surface area (Å²) >= 11 is 0. The number of carbonyl (C=O) groups excluding carboxylic acids is 1. The van der Waals surface area contributed by atoms with Crippen molar-refractivity contribution in [2.45, 2.75) is 33.1 Å². The summed E-state index contributed by atoms with van der Waals surface area (Å²) in [6, 6.07) is 17.3. The second-order valence-electron chi connectivity index (χ2n) is 6.54. The Morgan fingerprint density at radius 2 is 1.81 bits per heavy atom. The number of carbonyl (C=O) groups is 1. The molecule has 0 aliphatic heterocycles. The highest BCUT2D eigenvalue weighted by molar-refractivity contribution is 6.03. The van der Waals surface area contributed by atoms with E-state index in [0.717, 1.165) is 29.2 Å². The first-order valence-electron chi connectivity index (χ1n) is 9.22. The lowest BCUT2D eigenvalue weighted by Gasteiger charge is -2.10. The molecular formula is C22H25N3O2. The summed E-state index contributed by atoms with van der Waals surface area (Å²) in [5.41, 5.74) is 4.15. The molecule has 0 saturated heterocycles. The number of unbranched alkanes of at least 4 members (excludes halogenated alkanes) is 1. The maximum absolute atomic E-state index is 12.8. The van der Waals surface area contributed by atoms with Crippen LogP contribution < -0.4 is 10.1 Å². The Bertz CT molecular complexity index is 896. The van der Waals surface area contributed by atoms with E-state index >= 15 is 0 Å². The van der Waals surface area contributed by atoms with Crippen molar-refractivity contribution in [3.8, 4) is 11.4 Å². The van der Waals surface area contributed by atoms with Gasteiger partial charge in [0.2, 0.25) is 0 Å². The van der Waals surface area contributed by atoms with Gasteiger partial charge in [-0.05, 0) is 67.8 Å². The molecule has 0 unspecified atom stereocenters.